The van der Waals surface area contributed by atoms with Crippen LogP contribution in [0.5, 0.6) is 5.75 Å². The number of nitrogens with zero attached hydrogens (tertiary/aromatic N) is 2. The van der Waals surface area contributed by atoms with Gasteiger partial charge < -0.3 is 0 Å². The van der Waals surface area contributed by atoms with Crippen LogP contribution in [-0.4, -0.2) is 27.6 Å². The van der Waals surface area contributed by atoms with Gasteiger partial charge in [0.2, 0.25) is 0 Å². The molecule has 3 nitrogen and oxygen atoms in total. The molecule has 1 saturated heterocycles. The number of benzene rings is 3. The van der Waals surface area contributed by atoms with Crippen molar-refractivity contribution in [3.8, 4) is 5.75 Å². The van der Waals surface area contributed by atoms with Crippen LogP contribution < -0.4 is 14.5 Å². The van der Waals surface area contributed by atoms with E-state index in [9.17, 15) is 0 Å². The molecule has 0 radical (unpaired) electrons. The van der Waals surface area contributed by atoms with Gasteiger partial charge in [-0.2, -0.15) is 0 Å². The van der Waals surface area contributed by atoms with E-state index in [1.54, 1.807) is 4.11 Å². The second kappa shape index (κ2) is 11.1. The van der Waals surface area contributed by atoms with Gasteiger partial charge in [-0.05, 0) is 0 Å². The summed E-state index contributed by atoms with van der Waals surface area (Å²) < 4.78 is 7.80. The fraction of sp³-hybridized carbons (Fsp3) is 0.387. The first kappa shape index (κ1) is 29.7. The molecule has 2 heterocycles. The predicted molar refractivity (Wildman–Crippen MR) is 160 cm³/mol. The molecule has 3 aromatic carbocycles. The molecule has 0 saturated carbocycles. The third kappa shape index (κ3) is 5.10. The molecule has 0 N–H and O–H groups in total. The normalized spacial score (nSPS) is 15.6. The first-order valence-electron chi connectivity index (χ1n) is 12.6. The topological polar surface area (TPSA) is 15.7 Å². The van der Waals surface area contributed by atoms with Gasteiger partial charge in [-0.15, -0.1) is 24.8 Å². The summed E-state index contributed by atoms with van der Waals surface area (Å²) in [4.78, 5) is 5.46. The van der Waals surface area contributed by atoms with Crippen LogP contribution in [0.25, 0.3) is 0 Å². The van der Waals surface area contributed by atoms with Crippen LogP contribution >= 0.6 is 24.8 Å². The van der Waals surface area contributed by atoms with Gasteiger partial charge in [0.15, 0.2) is 0 Å². The molecule has 0 bridgehead atoms. The minimum atomic E-state index is -0.0707. The number of ether oxygens (including phenoxy) is 1. The molecule has 0 aromatic heterocycles. The Morgan fingerprint density at radius 1 is 0.730 bits per heavy atom. The molecule has 0 atom stereocenters. The van der Waals surface area contributed by atoms with E-state index < -0.39 is 0 Å². The Hall–Kier alpha value is -1.87. The first-order chi connectivity index (χ1) is 16.6. The molecule has 6 heteroatoms. The molecule has 1 spiro atoms. The largest absolute Gasteiger partial charge is 0.147 e. The van der Waals surface area contributed by atoms with Crippen LogP contribution in [0.2, 0.25) is 0 Å². The smallest absolute Gasteiger partial charge is 0.147 e. The first-order valence-corrected chi connectivity index (χ1v) is 14.3. The van der Waals surface area contributed by atoms with Gasteiger partial charge in [0.1, 0.15) is 0 Å². The summed E-state index contributed by atoms with van der Waals surface area (Å²) in [6.07, 6.45) is 0.154. The molecule has 201 valence electrons. The summed E-state index contributed by atoms with van der Waals surface area (Å²) >= 11 is -0.0176. The standard InChI is InChI=1S/C31H37N2O.2ClH.Ru/c1-20(2)34-28-12-10-9-11-27(28)19-29-32(30-23(5)15-21(3)16-24(30)6)13-14-33(29)31-25(7)17-22(4)18-26(31)8;;;/h9-12,15-18,20H,13-14H2,1-8H3;2*1H;. The maximum absolute atomic E-state index is 6.31. The Balaban J connectivity index is 0.00000190. The van der Waals surface area contributed by atoms with Gasteiger partial charge >= 0.3 is 219 Å². The molecule has 1 fully saturated rings. The molecule has 2 aliphatic rings. The van der Waals surface area contributed by atoms with E-state index in [2.05, 4.69) is 114 Å². The summed E-state index contributed by atoms with van der Waals surface area (Å²) in [5, 5.41) is 0. The van der Waals surface area contributed by atoms with Crippen molar-refractivity contribution in [3.05, 3.63) is 87.5 Å². The van der Waals surface area contributed by atoms with Gasteiger partial charge in [0, 0.05) is 0 Å². The molecule has 0 unspecified atom stereocenters. The van der Waals surface area contributed by atoms with Crippen molar-refractivity contribution in [3.63, 3.8) is 0 Å². The molecule has 0 aliphatic carbocycles. The summed E-state index contributed by atoms with van der Waals surface area (Å²) in [7, 11) is 0. The van der Waals surface area contributed by atoms with Crippen molar-refractivity contribution in [2.75, 3.05) is 22.9 Å². The summed E-state index contributed by atoms with van der Waals surface area (Å²) in [5.74, 6) is 1.02. The van der Waals surface area contributed by atoms with Crippen molar-refractivity contribution in [2.45, 2.75) is 65.8 Å². The molecule has 0 amide bonds. The Morgan fingerprint density at radius 3 is 1.59 bits per heavy atom. The predicted octanol–water partition coefficient (Wildman–Crippen LogP) is 7.47. The minimum Gasteiger partial charge on any atom is -0.147 e. The van der Waals surface area contributed by atoms with Crippen LogP contribution in [0.15, 0.2) is 48.5 Å². The average Bonchev–Trinajstić information content (AvgIpc) is 3.39. The molecule has 5 rings (SSSR count). The number of rotatable bonds is 5. The van der Waals surface area contributed by atoms with E-state index in [0.29, 0.717) is 0 Å². The van der Waals surface area contributed by atoms with Gasteiger partial charge in [0.05, 0.1) is 0 Å². The monoisotopic (exact) mass is 627 g/mol. The van der Waals surface area contributed by atoms with Crippen molar-refractivity contribution < 1.29 is 21.4 Å². The van der Waals surface area contributed by atoms with E-state index in [-0.39, 0.29) is 51.9 Å². The van der Waals surface area contributed by atoms with Crippen molar-refractivity contribution >= 4 is 40.3 Å². The van der Waals surface area contributed by atoms with Crippen molar-refractivity contribution in [2.24, 2.45) is 0 Å². The summed E-state index contributed by atoms with van der Waals surface area (Å²) in [6.45, 7) is 19.8. The van der Waals surface area contributed by atoms with Crippen LogP contribution in [0, 0.1) is 41.5 Å². The van der Waals surface area contributed by atoms with Crippen LogP contribution in [0.4, 0.5) is 11.4 Å². The minimum absolute atomic E-state index is 0. The Labute approximate surface area is 242 Å². The number of hydrogen-bond acceptors (Lipinski definition) is 3. The number of para-hydroxylation sites is 1. The Kier molecular flexibility index (Phi) is 8.90. The number of anilines is 2. The average molecular weight is 628 g/mol. The van der Waals surface area contributed by atoms with E-state index in [0.717, 1.165) is 18.8 Å². The molecular weight excluding hydrogens is 588 g/mol. The fourth-order valence-corrected chi connectivity index (χ4v) is 9.03. The quantitative estimate of drug-likeness (QED) is 0.273. The zero-order valence-electron chi connectivity index (χ0n) is 23.1. The van der Waals surface area contributed by atoms with E-state index in [4.69, 9.17) is 4.74 Å². The van der Waals surface area contributed by atoms with Crippen LogP contribution in [-0.2, 0) is 16.7 Å². The molecule has 2 aliphatic heterocycles. The second-order valence-corrected chi connectivity index (χ2v) is 12.9. The van der Waals surface area contributed by atoms with Crippen molar-refractivity contribution in [1.29, 1.82) is 0 Å². The van der Waals surface area contributed by atoms with Gasteiger partial charge in [-0.1, -0.05) is 0 Å². The van der Waals surface area contributed by atoms with Gasteiger partial charge in [-0.3, -0.25) is 0 Å². The molecular formula is C31H39Cl2N2ORu. The third-order valence-corrected chi connectivity index (χ3v) is 10.0. The van der Waals surface area contributed by atoms with Crippen LogP contribution in [0.1, 0.15) is 52.8 Å². The maximum Gasteiger partial charge on any atom is -0.147 e. The summed E-state index contributed by atoms with van der Waals surface area (Å²) in [5.41, 5.74) is 12.3. The Morgan fingerprint density at radius 2 is 1.16 bits per heavy atom. The third-order valence-electron chi connectivity index (χ3n) is 6.99. The number of aryl methyl sites for hydroxylation is 6. The summed E-state index contributed by atoms with van der Waals surface area (Å²) in [6, 6.07) is 18.0. The molecule has 3 aromatic rings. The zero-order valence-corrected chi connectivity index (χ0v) is 26.5. The number of halogens is 2. The van der Waals surface area contributed by atoms with Crippen molar-refractivity contribution in [1.82, 2.24) is 0 Å². The molecule has 37 heavy (non-hydrogen) atoms. The van der Waals surface area contributed by atoms with E-state index >= 15 is 0 Å². The van der Waals surface area contributed by atoms with Gasteiger partial charge in [-0.25, -0.2) is 0 Å². The van der Waals surface area contributed by atoms with E-state index in [1.807, 2.05) is 0 Å². The zero-order chi connectivity index (χ0) is 25.1. The van der Waals surface area contributed by atoms with E-state index in [1.165, 1.54) is 50.3 Å². The number of hydrogen-bond donors (Lipinski definition) is 0. The SMILES string of the molecule is Cc1cc(C)c(N2CCN(c3c(C)cc(C)cc3C)[C]23[Ru]=[C]3c2ccccc2OC(C)C)c(C)c1.Cl.Cl. The Bertz CT molecular complexity index is 1240. The maximum atomic E-state index is 6.31. The fourth-order valence-electron chi connectivity index (χ4n) is 5.99. The second-order valence-electron chi connectivity index (χ2n) is 10.4. The van der Waals surface area contributed by atoms with Crippen LogP contribution in [0.3, 0.4) is 0 Å². The van der Waals surface area contributed by atoms with Gasteiger partial charge in [0.25, 0.3) is 0 Å².